The van der Waals surface area contributed by atoms with Crippen LogP contribution in [0.15, 0.2) is 53.0 Å². The van der Waals surface area contributed by atoms with Gasteiger partial charge in [0.2, 0.25) is 0 Å². The predicted octanol–water partition coefficient (Wildman–Crippen LogP) is 4.28. The van der Waals surface area contributed by atoms with E-state index in [2.05, 4.69) is 25.9 Å². The Labute approximate surface area is 216 Å². The molecule has 10 heteroatoms. The number of H-pyrrole nitrogens is 1. The summed E-state index contributed by atoms with van der Waals surface area (Å²) in [6.45, 7) is 6.19. The molecule has 0 spiro atoms. The highest BCUT2D eigenvalue weighted by Gasteiger charge is 2.46. The zero-order valence-electron chi connectivity index (χ0n) is 20.2. The summed E-state index contributed by atoms with van der Waals surface area (Å²) in [6.07, 6.45) is 5.80. The van der Waals surface area contributed by atoms with Crippen LogP contribution in [0.3, 0.4) is 0 Å². The fourth-order valence-electron chi connectivity index (χ4n) is 4.59. The second-order valence-corrected chi connectivity index (χ2v) is 9.46. The fraction of sp³-hybridized carbons (Fsp3) is 0.308. The highest BCUT2D eigenvalue weighted by atomic mass is 79.9. The van der Waals surface area contributed by atoms with E-state index in [4.69, 9.17) is 4.74 Å². The lowest BCUT2D eigenvalue weighted by Gasteiger charge is -2.25. The van der Waals surface area contributed by atoms with Crippen LogP contribution in [0.1, 0.15) is 52.3 Å². The van der Waals surface area contributed by atoms with Gasteiger partial charge in [-0.2, -0.15) is 0 Å². The molecule has 1 aliphatic rings. The Kier molecular flexibility index (Phi) is 7.44. The molecule has 3 aromatic rings. The number of hydrogen-bond donors (Lipinski definition) is 2. The van der Waals surface area contributed by atoms with Crippen LogP contribution in [0.4, 0.5) is 0 Å². The van der Waals surface area contributed by atoms with E-state index in [1.54, 1.807) is 33.3 Å². The third-order valence-corrected chi connectivity index (χ3v) is 6.78. The summed E-state index contributed by atoms with van der Waals surface area (Å²) < 4.78 is 7.85. The number of carbonyl (C=O) groups excluding carboxylic acids is 3. The van der Waals surface area contributed by atoms with Gasteiger partial charge in [-0.25, -0.2) is 9.78 Å². The number of ether oxygens (including phenoxy) is 1. The van der Waals surface area contributed by atoms with Gasteiger partial charge in [-0.1, -0.05) is 28.1 Å². The molecule has 0 aliphatic carbocycles. The van der Waals surface area contributed by atoms with Gasteiger partial charge in [0, 0.05) is 41.2 Å². The van der Waals surface area contributed by atoms with Crippen LogP contribution < -0.4 is 0 Å². The van der Waals surface area contributed by atoms with Gasteiger partial charge < -0.3 is 24.3 Å². The Hall–Kier alpha value is -3.66. The van der Waals surface area contributed by atoms with Gasteiger partial charge in [-0.3, -0.25) is 9.59 Å². The first-order valence-corrected chi connectivity index (χ1v) is 12.4. The molecule has 36 heavy (non-hydrogen) atoms. The van der Waals surface area contributed by atoms with Crippen LogP contribution in [-0.2, 0) is 20.9 Å². The Morgan fingerprint density at radius 1 is 1.19 bits per heavy atom. The number of nitrogens with zero attached hydrogens (tertiary/aromatic N) is 3. The lowest BCUT2D eigenvalue weighted by atomic mass is 9.94. The first kappa shape index (κ1) is 25.4. The number of hydrogen-bond acceptors (Lipinski definition) is 6. The van der Waals surface area contributed by atoms with Crippen LogP contribution in [0.25, 0.3) is 5.76 Å². The van der Waals surface area contributed by atoms with Crippen molar-refractivity contribution in [2.75, 3.05) is 13.2 Å². The quantitative estimate of drug-likeness (QED) is 0.186. The number of imidazole rings is 1. The number of halogens is 1. The number of carbonyl (C=O) groups is 3. The highest BCUT2D eigenvalue weighted by molar-refractivity contribution is 9.10. The normalized spacial score (nSPS) is 17.1. The first-order valence-electron chi connectivity index (χ1n) is 11.6. The van der Waals surface area contributed by atoms with E-state index in [0.29, 0.717) is 41.9 Å². The van der Waals surface area contributed by atoms with E-state index in [0.717, 1.165) is 4.47 Å². The Bertz CT molecular complexity index is 1330. The van der Waals surface area contributed by atoms with Gasteiger partial charge in [0.15, 0.2) is 0 Å². The molecular formula is C26H27BrN4O5. The standard InChI is InChI=1S/C26H27BrN4O5/c1-4-36-26(35)21-15(2)19(16(3)29-21)23(32)20-22(17-6-8-18(27)9-7-17)31(25(34)24(20)33)12-5-11-30-13-10-28-14-30/h6-10,13-14,22,29,32H,4-5,11-12H2,1-3H3/b23-20+. The van der Waals surface area contributed by atoms with Crippen LogP contribution in [-0.4, -0.2) is 55.4 Å². The maximum Gasteiger partial charge on any atom is 0.355 e. The number of likely N-dealkylation sites (tertiary alicyclic amines) is 1. The largest absolute Gasteiger partial charge is 0.507 e. The van der Waals surface area contributed by atoms with Crippen molar-refractivity contribution in [2.45, 2.75) is 39.8 Å². The molecule has 188 valence electrons. The van der Waals surface area contributed by atoms with Crippen molar-refractivity contribution in [2.24, 2.45) is 0 Å². The van der Waals surface area contributed by atoms with Crippen molar-refractivity contribution in [3.8, 4) is 0 Å². The minimum Gasteiger partial charge on any atom is -0.507 e. The number of Topliss-reactive ketones (excluding diaryl/α,β-unsaturated/α-hetero) is 1. The highest BCUT2D eigenvalue weighted by Crippen LogP contribution is 2.41. The zero-order valence-corrected chi connectivity index (χ0v) is 21.8. The number of esters is 1. The molecule has 1 unspecified atom stereocenters. The van der Waals surface area contributed by atoms with E-state index in [-0.39, 0.29) is 23.6 Å². The number of aliphatic hydroxyl groups excluding tert-OH is 1. The van der Waals surface area contributed by atoms with Crippen molar-refractivity contribution >= 4 is 39.3 Å². The summed E-state index contributed by atoms with van der Waals surface area (Å²) in [4.78, 5) is 47.4. The van der Waals surface area contributed by atoms with E-state index in [1.165, 1.54) is 4.90 Å². The zero-order chi connectivity index (χ0) is 26.0. The maximum absolute atomic E-state index is 13.3. The molecule has 3 heterocycles. The van der Waals surface area contributed by atoms with Gasteiger partial charge >= 0.3 is 5.97 Å². The summed E-state index contributed by atoms with van der Waals surface area (Å²) in [5.74, 6) is -2.31. The molecule has 4 rings (SSSR count). The summed E-state index contributed by atoms with van der Waals surface area (Å²) >= 11 is 3.42. The van der Waals surface area contributed by atoms with Crippen molar-refractivity contribution in [1.29, 1.82) is 0 Å². The first-order chi connectivity index (χ1) is 17.2. The summed E-state index contributed by atoms with van der Waals surface area (Å²) in [7, 11) is 0. The molecule has 0 bridgehead atoms. The van der Waals surface area contributed by atoms with E-state index in [1.807, 2.05) is 35.0 Å². The molecule has 0 radical (unpaired) electrons. The van der Waals surface area contributed by atoms with Gasteiger partial charge in [0.25, 0.3) is 11.7 Å². The van der Waals surface area contributed by atoms with Gasteiger partial charge in [-0.15, -0.1) is 0 Å². The van der Waals surface area contributed by atoms with Crippen molar-refractivity contribution in [1.82, 2.24) is 19.4 Å². The number of nitrogens with one attached hydrogen (secondary N) is 1. The number of aliphatic hydroxyl groups is 1. The van der Waals surface area contributed by atoms with E-state index in [9.17, 15) is 19.5 Å². The molecule has 2 N–H and O–H groups in total. The molecule has 1 amide bonds. The molecule has 0 saturated carbocycles. The number of ketones is 1. The Balaban J connectivity index is 1.78. The van der Waals surface area contributed by atoms with Crippen LogP contribution in [0.5, 0.6) is 0 Å². The molecule has 1 atom stereocenters. The minimum absolute atomic E-state index is 0.00874. The van der Waals surface area contributed by atoms with Gasteiger partial charge in [0.05, 0.1) is 24.5 Å². The van der Waals surface area contributed by atoms with Crippen LogP contribution in [0, 0.1) is 13.8 Å². The van der Waals surface area contributed by atoms with Gasteiger partial charge in [-0.05, 0) is 50.5 Å². The Morgan fingerprint density at radius 2 is 1.92 bits per heavy atom. The SMILES string of the molecule is CCOC(=O)c1[nH]c(C)c(/C(O)=C2\C(=O)C(=O)N(CCCn3ccnc3)C2c2ccc(Br)cc2)c1C. The second-order valence-electron chi connectivity index (χ2n) is 8.54. The molecule has 2 aromatic heterocycles. The summed E-state index contributed by atoms with van der Waals surface area (Å²) in [5.41, 5.74) is 2.14. The predicted molar refractivity (Wildman–Crippen MR) is 136 cm³/mol. The minimum atomic E-state index is -0.777. The molecule has 1 aliphatic heterocycles. The molecular weight excluding hydrogens is 528 g/mol. The second kappa shape index (κ2) is 10.5. The van der Waals surface area contributed by atoms with Gasteiger partial charge in [0.1, 0.15) is 11.5 Å². The topological polar surface area (TPSA) is 118 Å². The molecule has 1 aromatic carbocycles. The third-order valence-electron chi connectivity index (χ3n) is 6.25. The van der Waals surface area contributed by atoms with E-state index >= 15 is 0 Å². The lowest BCUT2D eigenvalue weighted by molar-refractivity contribution is -0.139. The van der Waals surface area contributed by atoms with Crippen molar-refractivity contribution < 1.29 is 24.2 Å². The average molecular weight is 555 g/mol. The molecule has 1 fully saturated rings. The number of benzene rings is 1. The van der Waals surface area contributed by atoms with Crippen LogP contribution >= 0.6 is 15.9 Å². The average Bonchev–Trinajstić information content (AvgIpc) is 3.53. The fourth-order valence-corrected chi connectivity index (χ4v) is 4.86. The Morgan fingerprint density at radius 3 is 2.56 bits per heavy atom. The van der Waals surface area contributed by atoms with Crippen molar-refractivity contribution in [3.63, 3.8) is 0 Å². The number of aromatic amines is 1. The van der Waals surface area contributed by atoms with E-state index < -0.39 is 23.7 Å². The molecule has 9 nitrogen and oxygen atoms in total. The number of amides is 1. The number of aryl methyl sites for hydroxylation is 2. The number of aromatic nitrogens is 3. The number of rotatable bonds is 8. The van der Waals surface area contributed by atoms with Crippen molar-refractivity contribution in [3.05, 3.63) is 81.1 Å². The third kappa shape index (κ3) is 4.73. The summed E-state index contributed by atoms with van der Waals surface area (Å²) in [5, 5.41) is 11.5. The maximum atomic E-state index is 13.3. The lowest BCUT2D eigenvalue weighted by Crippen LogP contribution is -2.31. The van der Waals surface area contributed by atoms with Crippen LogP contribution in [0.2, 0.25) is 0 Å². The summed E-state index contributed by atoms with van der Waals surface area (Å²) in [6, 6.07) is 6.51. The smallest absolute Gasteiger partial charge is 0.355 e. The monoisotopic (exact) mass is 554 g/mol. The molecule has 1 saturated heterocycles.